The lowest BCUT2D eigenvalue weighted by molar-refractivity contribution is -0.153. The molecule has 1 aromatic rings. The topological polar surface area (TPSA) is 62.3 Å². The maximum absolute atomic E-state index is 12.9. The quantitative estimate of drug-likeness (QED) is 0.923. The summed E-state index contributed by atoms with van der Waals surface area (Å²) in [5, 5.41) is 3.12. The fraction of sp³-hybridized carbons (Fsp3) is 0.611. The summed E-state index contributed by atoms with van der Waals surface area (Å²) in [6, 6.07) is 4.00. The molecule has 1 N–H and O–H groups in total. The largest absolute Gasteiger partial charge is 0.355 e. The van der Waals surface area contributed by atoms with Gasteiger partial charge in [-0.1, -0.05) is 18.9 Å². The summed E-state index contributed by atoms with van der Waals surface area (Å²) in [6.07, 6.45) is 9.58. The number of piperidine rings is 1. The van der Waals surface area contributed by atoms with Crippen LogP contribution in [0, 0.1) is 5.41 Å². The summed E-state index contributed by atoms with van der Waals surface area (Å²) in [4.78, 5) is 30.9. The Labute approximate surface area is 137 Å². The van der Waals surface area contributed by atoms with Gasteiger partial charge in [-0.2, -0.15) is 0 Å². The van der Waals surface area contributed by atoms with E-state index in [4.69, 9.17) is 0 Å². The van der Waals surface area contributed by atoms with E-state index in [0.29, 0.717) is 19.4 Å². The molecule has 1 saturated carbocycles. The van der Waals surface area contributed by atoms with E-state index in [1.165, 1.54) is 0 Å². The molecule has 2 atom stereocenters. The Hall–Kier alpha value is -1.91. The van der Waals surface area contributed by atoms with Gasteiger partial charge in [-0.3, -0.25) is 14.6 Å². The second-order valence-corrected chi connectivity index (χ2v) is 6.79. The van der Waals surface area contributed by atoms with Gasteiger partial charge in [-0.05, 0) is 37.3 Å². The van der Waals surface area contributed by atoms with E-state index in [9.17, 15) is 9.59 Å². The van der Waals surface area contributed by atoms with Gasteiger partial charge < -0.3 is 10.2 Å². The van der Waals surface area contributed by atoms with Gasteiger partial charge in [-0.25, -0.2) is 0 Å². The van der Waals surface area contributed by atoms with Crippen LogP contribution in [0.15, 0.2) is 24.5 Å². The standard InChI is InChI=1S/C18H25N3O2/c1-21-15-6-2-3-9-18(15,10-7-16(21)22)17(23)20-12-8-14-5-4-11-19-13-14/h4-5,11,13,15H,2-3,6-10,12H2,1H3,(H,20,23)/t15-,18-/m1/s1. The third-order valence-electron chi connectivity index (χ3n) is 5.51. The molecule has 0 aromatic carbocycles. The first-order valence-electron chi connectivity index (χ1n) is 8.56. The van der Waals surface area contributed by atoms with Crippen molar-refractivity contribution >= 4 is 11.8 Å². The van der Waals surface area contributed by atoms with Crippen LogP contribution in [0.1, 0.15) is 44.1 Å². The Morgan fingerprint density at radius 3 is 3.09 bits per heavy atom. The van der Waals surface area contributed by atoms with E-state index in [0.717, 1.165) is 37.7 Å². The molecule has 5 heteroatoms. The second kappa shape index (κ2) is 6.69. The molecule has 2 amide bonds. The Balaban J connectivity index is 1.65. The Morgan fingerprint density at radius 1 is 1.43 bits per heavy atom. The number of carbonyl (C=O) groups is 2. The molecule has 1 aliphatic heterocycles. The summed E-state index contributed by atoms with van der Waals surface area (Å²) >= 11 is 0. The number of hydrogen-bond acceptors (Lipinski definition) is 3. The lowest BCUT2D eigenvalue weighted by Gasteiger charge is -2.50. The fourth-order valence-electron chi connectivity index (χ4n) is 4.18. The molecule has 0 unspecified atom stereocenters. The molecule has 1 aliphatic carbocycles. The molecule has 23 heavy (non-hydrogen) atoms. The average molecular weight is 315 g/mol. The lowest BCUT2D eigenvalue weighted by Crippen LogP contribution is -2.60. The lowest BCUT2D eigenvalue weighted by atomic mass is 9.64. The molecule has 2 aliphatic rings. The van der Waals surface area contributed by atoms with Crippen molar-refractivity contribution in [1.29, 1.82) is 0 Å². The molecular weight excluding hydrogens is 290 g/mol. The monoisotopic (exact) mass is 315 g/mol. The highest BCUT2D eigenvalue weighted by Gasteiger charge is 2.52. The van der Waals surface area contributed by atoms with Crippen molar-refractivity contribution in [2.45, 2.75) is 51.0 Å². The molecule has 5 nitrogen and oxygen atoms in total. The molecule has 0 spiro atoms. The molecule has 2 heterocycles. The van der Waals surface area contributed by atoms with Crippen molar-refractivity contribution < 1.29 is 9.59 Å². The van der Waals surface area contributed by atoms with Crippen molar-refractivity contribution in [3.63, 3.8) is 0 Å². The highest BCUT2D eigenvalue weighted by molar-refractivity contribution is 5.87. The third kappa shape index (κ3) is 3.09. The molecule has 0 bridgehead atoms. The van der Waals surface area contributed by atoms with Gasteiger partial charge in [0.05, 0.1) is 5.41 Å². The van der Waals surface area contributed by atoms with Gasteiger partial charge in [0, 0.05) is 38.4 Å². The van der Waals surface area contributed by atoms with E-state index >= 15 is 0 Å². The number of rotatable bonds is 4. The summed E-state index contributed by atoms with van der Waals surface area (Å²) in [5.74, 6) is 0.307. The number of carbonyl (C=O) groups excluding carboxylic acids is 2. The van der Waals surface area contributed by atoms with Crippen molar-refractivity contribution in [3.8, 4) is 0 Å². The zero-order chi connectivity index (χ0) is 16.3. The summed E-state index contributed by atoms with van der Waals surface area (Å²) in [5.41, 5.74) is 0.747. The van der Waals surface area contributed by atoms with Crippen LogP contribution >= 0.6 is 0 Å². The first-order chi connectivity index (χ1) is 11.1. The minimum atomic E-state index is -0.379. The molecule has 1 aromatic heterocycles. The normalized spacial score (nSPS) is 27.4. The van der Waals surface area contributed by atoms with E-state index in [-0.39, 0.29) is 23.3 Å². The minimum Gasteiger partial charge on any atom is -0.355 e. The zero-order valence-electron chi connectivity index (χ0n) is 13.8. The van der Waals surface area contributed by atoms with Gasteiger partial charge in [0.25, 0.3) is 0 Å². The molecule has 0 radical (unpaired) electrons. The van der Waals surface area contributed by atoms with Gasteiger partial charge in [0.2, 0.25) is 11.8 Å². The van der Waals surface area contributed by atoms with Crippen molar-refractivity contribution in [3.05, 3.63) is 30.1 Å². The Bertz CT molecular complexity index is 575. The SMILES string of the molecule is CN1C(=O)CC[C@]2(C(=O)NCCc3cccnc3)CCCC[C@@H]12. The molecular formula is C18H25N3O2. The highest BCUT2D eigenvalue weighted by atomic mass is 16.2. The van der Waals surface area contributed by atoms with Crippen LogP contribution in [-0.2, 0) is 16.0 Å². The summed E-state index contributed by atoms with van der Waals surface area (Å²) in [6.45, 7) is 0.622. The van der Waals surface area contributed by atoms with E-state index in [2.05, 4.69) is 10.3 Å². The van der Waals surface area contributed by atoms with Crippen LogP contribution in [-0.4, -0.2) is 41.3 Å². The number of fused-ring (bicyclic) bond motifs is 1. The maximum Gasteiger partial charge on any atom is 0.228 e. The van der Waals surface area contributed by atoms with Gasteiger partial charge in [-0.15, -0.1) is 0 Å². The number of nitrogens with zero attached hydrogens (tertiary/aromatic N) is 2. The zero-order valence-corrected chi connectivity index (χ0v) is 13.8. The van der Waals surface area contributed by atoms with Crippen molar-refractivity contribution in [2.24, 2.45) is 5.41 Å². The average Bonchev–Trinajstić information content (AvgIpc) is 2.59. The summed E-state index contributed by atoms with van der Waals surface area (Å²) < 4.78 is 0. The number of hydrogen-bond donors (Lipinski definition) is 1. The van der Waals surface area contributed by atoms with Gasteiger partial charge >= 0.3 is 0 Å². The van der Waals surface area contributed by atoms with Crippen LogP contribution < -0.4 is 5.32 Å². The Morgan fingerprint density at radius 2 is 2.30 bits per heavy atom. The second-order valence-electron chi connectivity index (χ2n) is 6.79. The van der Waals surface area contributed by atoms with Crippen LogP contribution in [0.5, 0.6) is 0 Å². The van der Waals surface area contributed by atoms with Crippen molar-refractivity contribution in [2.75, 3.05) is 13.6 Å². The predicted molar refractivity (Wildman–Crippen MR) is 87.6 cm³/mol. The number of pyridine rings is 1. The van der Waals surface area contributed by atoms with Crippen LogP contribution in [0.25, 0.3) is 0 Å². The molecule has 3 rings (SSSR count). The van der Waals surface area contributed by atoms with Gasteiger partial charge in [0.1, 0.15) is 0 Å². The number of nitrogens with one attached hydrogen (secondary N) is 1. The fourth-order valence-corrected chi connectivity index (χ4v) is 4.18. The van der Waals surface area contributed by atoms with Crippen molar-refractivity contribution in [1.82, 2.24) is 15.2 Å². The third-order valence-corrected chi connectivity index (χ3v) is 5.51. The first-order valence-corrected chi connectivity index (χ1v) is 8.56. The maximum atomic E-state index is 12.9. The number of aromatic nitrogens is 1. The molecule has 2 fully saturated rings. The van der Waals surface area contributed by atoms with Gasteiger partial charge in [0.15, 0.2) is 0 Å². The summed E-state index contributed by atoms with van der Waals surface area (Å²) in [7, 11) is 1.86. The minimum absolute atomic E-state index is 0.0656. The smallest absolute Gasteiger partial charge is 0.228 e. The predicted octanol–water partition coefficient (Wildman–Crippen LogP) is 1.92. The van der Waals surface area contributed by atoms with Crippen LogP contribution in [0.3, 0.4) is 0 Å². The first kappa shape index (κ1) is 16.0. The van der Waals surface area contributed by atoms with E-state index in [1.807, 2.05) is 30.3 Å². The highest BCUT2D eigenvalue weighted by Crippen LogP contribution is 2.46. The number of amides is 2. The van der Waals surface area contributed by atoms with Crippen LogP contribution in [0.4, 0.5) is 0 Å². The van der Waals surface area contributed by atoms with E-state index in [1.54, 1.807) is 6.20 Å². The Kier molecular flexibility index (Phi) is 4.64. The van der Waals surface area contributed by atoms with Crippen LogP contribution in [0.2, 0.25) is 0 Å². The van der Waals surface area contributed by atoms with E-state index < -0.39 is 0 Å². The molecule has 1 saturated heterocycles. The number of likely N-dealkylation sites (tertiary alicyclic amines) is 1. The molecule has 124 valence electrons.